The molecule has 1 amide bonds. The monoisotopic (exact) mass is 266 g/mol. The summed E-state index contributed by atoms with van der Waals surface area (Å²) in [6.07, 6.45) is 3.69. The minimum atomic E-state index is -0.187. The SMILES string of the molecule is O=C(Nc1cccnc1)c1ccc(C#CCCO)cc1. The first-order chi connectivity index (χ1) is 9.79. The predicted octanol–water partition coefficient (Wildman–Crippen LogP) is 2.07. The second-order valence-corrected chi connectivity index (χ2v) is 4.05. The number of aromatic nitrogens is 1. The topological polar surface area (TPSA) is 62.2 Å². The van der Waals surface area contributed by atoms with Crippen molar-refractivity contribution in [2.45, 2.75) is 6.42 Å². The maximum absolute atomic E-state index is 12.0. The standard InChI is InChI=1S/C16H14N2O2/c19-11-2-1-4-13-6-8-14(9-7-13)16(20)18-15-5-3-10-17-12-15/h3,5-10,12,19H,2,11H2,(H,18,20). The molecule has 0 saturated carbocycles. The number of anilines is 1. The molecule has 2 rings (SSSR count). The van der Waals surface area contributed by atoms with E-state index in [0.29, 0.717) is 17.7 Å². The molecule has 0 aliphatic rings. The van der Waals surface area contributed by atoms with Crippen molar-refractivity contribution in [3.63, 3.8) is 0 Å². The summed E-state index contributed by atoms with van der Waals surface area (Å²) < 4.78 is 0. The third kappa shape index (κ3) is 3.94. The Labute approximate surface area is 117 Å². The van der Waals surface area contributed by atoms with Crippen LogP contribution in [0, 0.1) is 11.8 Å². The van der Waals surface area contributed by atoms with Crippen molar-refractivity contribution in [2.24, 2.45) is 0 Å². The molecular formula is C16H14N2O2. The first-order valence-corrected chi connectivity index (χ1v) is 6.21. The predicted molar refractivity (Wildman–Crippen MR) is 77.2 cm³/mol. The number of carbonyl (C=O) groups excluding carboxylic acids is 1. The fraction of sp³-hybridized carbons (Fsp3) is 0.125. The van der Waals surface area contributed by atoms with E-state index in [0.717, 1.165) is 5.56 Å². The van der Waals surface area contributed by atoms with Crippen LogP contribution < -0.4 is 5.32 Å². The zero-order valence-corrected chi connectivity index (χ0v) is 10.8. The zero-order valence-electron chi connectivity index (χ0n) is 10.8. The van der Waals surface area contributed by atoms with Gasteiger partial charge in [-0.15, -0.1) is 0 Å². The van der Waals surface area contributed by atoms with Gasteiger partial charge in [0.15, 0.2) is 0 Å². The highest BCUT2D eigenvalue weighted by molar-refractivity contribution is 6.04. The third-order valence-electron chi connectivity index (χ3n) is 2.54. The van der Waals surface area contributed by atoms with E-state index in [9.17, 15) is 4.79 Å². The number of aliphatic hydroxyl groups excluding tert-OH is 1. The lowest BCUT2D eigenvalue weighted by Crippen LogP contribution is -2.11. The Morgan fingerprint density at radius 3 is 2.70 bits per heavy atom. The van der Waals surface area contributed by atoms with Crippen molar-refractivity contribution in [1.82, 2.24) is 4.98 Å². The van der Waals surface area contributed by atoms with Gasteiger partial charge < -0.3 is 10.4 Å². The Balaban J connectivity index is 2.03. The number of rotatable bonds is 3. The Kier molecular flexibility index (Phi) is 4.87. The summed E-state index contributed by atoms with van der Waals surface area (Å²) >= 11 is 0. The van der Waals surface area contributed by atoms with E-state index in [4.69, 9.17) is 5.11 Å². The molecule has 0 aliphatic heterocycles. The highest BCUT2D eigenvalue weighted by Gasteiger charge is 2.05. The van der Waals surface area contributed by atoms with E-state index < -0.39 is 0 Å². The first-order valence-electron chi connectivity index (χ1n) is 6.21. The van der Waals surface area contributed by atoms with Crippen LogP contribution in [-0.4, -0.2) is 22.6 Å². The van der Waals surface area contributed by atoms with Crippen LogP contribution in [0.15, 0.2) is 48.8 Å². The van der Waals surface area contributed by atoms with Crippen LogP contribution in [-0.2, 0) is 0 Å². The van der Waals surface area contributed by atoms with Crippen LogP contribution in [0.25, 0.3) is 0 Å². The van der Waals surface area contributed by atoms with Gasteiger partial charge in [0.1, 0.15) is 0 Å². The minimum Gasteiger partial charge on any atom is -0.395 e. The molecule has 1 aromatic heterocycles. The Bertz CT molecular complexity index is 625. The Morgan fingerprint density at radius 2 is 2.05 bits per heavy atom. The van der Waals surface area contributed by atoms with E-state index in [2.05, 4.69) is 22.1 Å². The Morgan fingerprint density at radius 1 is 1.25 bits per heavy atom. The number of nitrogens with zero attached hydrogens (tertiary/aromatic N) is 1. The molecule has 0 saturated heterocycles. The summed E-state index contributed by atoms with van der Waals surface area (Å²) in [4.78, 5) is 15.9. The summed E-state index contributed by atoms with van der Waals surface area (Å²) in [6, 6.07) is 10.5. The van der Waals surface area contributed by atoms with Crippen molar-refractivity contribution in [2.75, 3.05) is 11.9 Å². The molecule has 0 unspecified atom stereocenters. The molecule has 1 heterocycles. The molecular weight excluding hydrogens is 252 g/mol. The largest absolute Gasteiger partial charge is 0.395 e. The smallest absolute Gasteiger partial charge is 0.255 e. The van der Waals surface area contributed by atoms with Crippen LogP contribution in [0.2, 0.25) is 0 Å². The zero-order chi connectivity index (χ0) is 14.2. The van der Waals surface area contributed by atoms with Crippen LogP contribution in [0.3, 0.4) is 0 Å². The quantitative estimate of drug-likeness (QED) is 0.836. The van der Waals surface area contributed by atoms with Gasteiger partial charge in [-0.2, -0.15) is 0 Å². The highest BCUT2D eigenvalue weighted by Crippen LogP contribution is 2.08. The van der Waals surface area contributed by atoms with E-state index in [-0.39, 0.29) is 12.5 Å². The maximum Gasteiger partial charge on any atom is 0.255 e. The summed E-state index contributed by atoms with van der Waals surface area (Å²) in [5.41, 5.74) is 2.03. The molecule has 4 heteroatoms. The van der Waals surface area contributed by atoms with Crippen LogP contribution >= 0.6 is 0 Å². The van der Waals surface area contributed by atoms with Gasteiger partial charge in [-0.25, -0.2) is 0 Å². The van der Waals surface area contributed by atoms with Crippen LogP contribution in [0.5, 0.6) is 0 Å². The van der Waals surface area contributed by atoms with Crippen molar-refractivity contribution in [1.29, 1.82) is 0 Å². The number of benzene rings is 1. The normalized spacial score (nSPS) is 9.45. The lowest BCUT2D eigenvalue weighted by atomic mass is 10.1. The molecule has 2 aromatic rings. The van der Waals surface area contributed by atoms with Gasteiger partial charge in [-0.3, -0.25) is 9.78 Å². The van der Waals surface area contributed by atoms with E-state index in [1.165, 1.54) is 0 Å². The van der Waals surface area contributed by atoms with Crippen LogP contribution in [0.4, 0.5) is 5.69 Å². The van der Waals surface area contributed by atoms with Gasteiger partial charge in [0, 0.05) is 23.7 Å². The van der Waals surface area contributed by atoms with Gasteiger partial charge >= 0.3 is 0 Å². The van der Waals surface area contributed by atoms with Gasteiger partial charge in [0.2, 0.25) is 0 Å². The van der Waals surface area contributed by atoms with Crippen LogP contribution in [0.1, 0.15) is 22.3 Å². The van der Waals surface area contributed by atoms with Gasteiger partial charge in [-0.05, 0) is 36.4 Å². The van der Waals surface area contributed by atoms with Gasteiger partial charge in [0.05, 0.1) is 18.5 Å². The van der Waals surface area contributed by atoms with E-state index in [1.807, 2.05) is 0 Å². The van der Waals surface area contributed by atoms with Crippen molar-refractivity contribution in [3.8, 4) is 11.8 Å². The molecule has 100 valence electrons. The van der Waals surface area contributed by atoms with E-state index >= 15 is 0 Å². The number of nitrogens with one attached hydrogen (secondary N) is 1. The molecule has 0 spiro atoms. The summed E-state index contributed by atoms with van der Waals surface area (Å²) in [7, 11) is 0. The average Bonchev–Trinajstić information content (AvgIpc) is 2.49. The third-order valence-corrected chi connectivity index (χ3v) is 2.54. The average molecular weight is 266 g/mol. The molecule has 0 aliphatic carbocycles. The number of aliphatic hydroxyl groups is 1. The number of pyridine rings is 1. The number of amides is 1. The van der Waals surface area contributed by atoms with Crippen molar-refractivity contribution < 1.29 is 9.90 Å². The molecule has 0 atom stereocenters. The van der Waals surface area contributed by atoms with Gasteiger partial charge in [0.25, 0.3) is 5.91 Å². The number of hydrogen-bond acceptors (Lipinski definition) is 3. The maximum atomic E-state index is 12.0. The summed E-state index contributed by atoms with van der Waals surface area (Å²) in [5, 5.41) is 11.4. The fourth-order valence-corrected chi connectivity index (χ4v) is 1.57. The molecule has 2 N–H and O–H groups in total. The number of carbonyl (C=O) groups is 1. The first kappa shape index (κ1) is 13.8. The molecule has 4 nitrogen and oxygen atoms in total. The Hall–Kier alpha value is -2.64. The highest BCUT2D eigenvalue weighted by atomic mass is 16.2. The van der Waals surface area contributed by atoms with Crippen molar-refractivity contribution in [3.05, 3.63) is 59.9 Å². The minimum absolute atomic E-state index is 0.0542. The molecule has 0 radical (unpaired) electrons. The molecule has 0 bridgehead atoms. The fourth-order valence-electron chi connectivity index (χ4n) is 1.57. The van der Waals surface area contributed by atoms with Gasteiger partial charge in [-0.1, -0.05) is 11.8 Å². The van der Waals surface area contributed by atoms with Crippen molar-refractivity contribution >= 4 is 11.6 Å². The number of hydrogen-bond donors (Lipinski definition) is 2. The molecule has 1 aromatic carbocycles. The summed E-state index contributed by atoms with van der Waals surface area (Å²) in [6.45, 7) is 0.0542. The molecule has 20 heavy (non-hydrogen) atoms. The lowest BCUT2D eigenvalue weighted by molar-refractivity contribution is 0.102. The van der Waals surface area contributed by atoms with E-state index in [1.54, 1.807) is 48.8 Å². The lowest BCUT2D eigenvalue weighted by Gasteiger charge is -2.04. The second-order valence-electron chi connectivity index (χ2n) is 4.05. The molecule has 0 fully saturated rings. The second kappa shape index (κ2) is 7.07. The summed E-state index contributed by atoms with van der Waals surface area (Å²) in [5.74, 6) is 5.55.